The molecule has 0 spiro atoms. The van der Waals surface area contributed by atoms with Gasteiger partial charge in [0.1, 0.15) is 0 Å². The minimum absolute atomic E-state index is 0.0492. The normalized spacial score (nSPS) is 10.9. The van der Waals surface area contributed by atoms with Gasteiger partial charge in [-0.05, 0) is 31.7 Å². The first-order valence-electron chi connectivity index (χ1n) is 7.72. The monoisotopic (exact) mass is 307 g/mol. The topological polar surface area (TPSA) is 65.5 Å². The van der Waals surface area contributed by atoms with Crippen LogP contribution in [0.3, 0.4) is 0 Å². The highest BCUT2D eigenvalue weighted by Gasteiger charge is 2.24. The second-order valence-corrected chi connectivity index (χ2v) is 5.60. The van der Waals surface area contributed by atoms with Gasteiger partial charge in [-0.1, -0.05) is 27.7 Å². The summed E-state index contributed by atoms with van der Waals surface area (Å²) >= 11 is 0. The lowest BCUT2D eigenvalue weighted by Crippen LogP contribution is -2.18. The van der Waals surface area contributed by atoms with Gasteiger partial charge in [0, 0.05) is 0 Å². The smallest absolute Gasteiger partial charge is 0.340 e. The van der Waals surface area contributed by atoms with Gasteiger partial charge in [-0.2, -0.15) is 0 Å². The molecule has 0 fully saturated rings. The molecule has 0 amide bonds. The Kier molecular flexibility index (Phi) is 6.53. The fraction of sp³-hybridized carbons (Fsp3) is 0.588. The minimum atomic E-state index is -0.459. The lowest BCUT2D eigenvalue weighted by molar-refractivity contribution is 0.0521. The van der Waals surface area contributed by atoms with Crippen molar-refractivity contribution < 1.29 is 19.1 Å². The molecule has 0 saturated carbocycles. The molecule has 1 rings (SSSR count). The molecular formula is C17H25NO4. The summed E-state index contributed by atoms with van der Waals surface area (Å²) in [6.07, 6.45) is 0. The number of esters is 2. The van der Waals surface area contributed by atoms with Crippen LogP contribution in [0.2, 0.25) is 0 Å². The third-order valence-electron chi connectivity index (χ3n) is 3.17. The molecular weight excluding hydrogens is 282 g/mol. The highest BCUT2D eigenvalue weighted by atomic mass is 16.5. The van der Waals surface area contributed by atoms with E-state index in [9.17, 15) is 9.59 Å². The molecule has 0 unspecified atom stereocenters. The van der Waals surface area contributed by atoms with Crippen molar-refractivity contribution in [2.45, 2.75) is 53.4 Å². The summed E-state index contributed by atoms with van der Waals surface area (Å²) in [4.78, 5) is 28.9. The molecule has 122 valence electrons. The number of nitrogens with zero attached hydrogens (tertiary/aromatic N) is 1. The van der Waals surface area contributed by atoms with Gasteiger partial charge in [0.25, 0.3) is 0 Å². The maximum absolute atomic E-state index is 12.2. The van der Waals surface area contributed by atoms with E-state index in [4.69, 9.17) is 9.47 Å². The van der Waals surface area contributed by atoms with Crippen LogP contribution in [0.5, 0.6) is 0 Å². The molecule has 0 aliphatic rings. The summed E-state index contributed by atoms with van der Waals surface area (Å²) in [5.41, 5.74) is 1.97. The number of rotatable bonds is 6. The fourth-order valence-corrected chi connectivity index (χ4v) is 2.17. The zero-order valence-electron chi connectivity index (χ0n) is 14.2. The van der Waals surface area contributed by atoms with Crippen LogP contribution in [0.4, 0.5) is 0 Å². The molecule has 22 heavy (non-hydrogen) atoms. The molecule has 0 aliphatic carbocycles. The van der Waals surface area contributed by atoms with Crippen molar-refractivity contribution in [2.24, 2.45) is 0 Å². The van der Waals surface area contributed by atoms with E-state index in [0.717, 1.165) is 0 Å². The second-order valence-electron chi connectivity index (χ2n) is 5.60. The Balaban J connectivity index is 3.51. The fourth-order valence-electron chi connectivity index (χ4n) is 2.17. The molecule has 0 atom stereocenters. The first kappa shape index (κ1) is 18.1. The van der Waals surface area contributed by atoms with Gasteiger partial charge in [-0.3, -0.25) is 4.98 Å². The van der Waals surface area contributed by atoms with Gasteiger partial charge in [0.2, 0.25) is 0 Å². The molecule has 0 radical (unpaired) electrons. The molecule has 0 aliphatic heterocycles. The van der Waals surface area contributed by atoms with E-state index >= 15 is 0 Å². The minimum Gasteiger partial charge on any atom is -0.462 e. The lowest BCUT2D eigenvalue weighted by atomic mass is 9.96. The third-order valence-corrected chi connectivity index (χ3v) is 3.17. The molecule has 1 heterocycles. The van der Waals surface area contributed by atoms with Crippen LogP contribution < -0.4 is 0 Å². The lowest BCUT2D eigenvalue weighted by Gasteiger charge is -2.17. The van der Waals surface area contributed by atoms with Crippen molar-refractivity contribution in [3.05, 3.63) is 28.6 Å². The third kappa shape index (κ3) is 4.06. The average Bonchev–Trinajstić information content (AvgIpc) is 2.46. The van der Waals surface area contributed by atoms with Crippen molar-refractivity contribution in [1.82, 2.24) is 4.98 Å². The summed E-state index contributed by atoms with van der Waals surface area (Å²) < 4.78 is 10.2. The van der Waals surface area contributed by atoms with E-state index in [0.29, 0.717) is 22.5 Å². The van der Waals surface area contributed by atoms with Crippen molar-refractivity contribution in [1.29, 1.82) is 0 Å². The highest BCUT2D eigenvalue weighted by Crippen LogP contribution is 2.26. The number of hydrogen-bond acceptors (Lipinski definition) is 5. The van der Waals surface area contributed by atoms with Crippen LogP contribution in [-0.2, 0) is 9.47 Å². The predicted octanol–water partition coefficient (Wildman–Crippen LogP) is 3.68. The Labute approximate surface area is 132 Å². The second kappa shape index (κ2) is 7.92. The Bertz CT molecular complexity index is 505. The number of aromatic nitrogens is 1. The van der Waals surface area contributed by atoms with Gasteiger partial charge in [0.15, 0.2) is 0 Å². The number of pyridine rings is 1. The number of ether oxygens (including phenoxy) is 2. The summed E-state index contributed by atoms with van der Waals surface area (Å²) in [5, 5.41) is 0. The standard InChI is InChI=1S/C17H25NO4/c1-7-21-16(19)12-9-13(17(20)22-8-2)15(11(5)6)18-14(12)10(3)4/h9-11H,7-8H2,1-6H3. The van der Waals surface area contributed by atoms with Crippen molar-refractivity contribution in [3.8, 4) is 0 Å². The average molecular weight is 307 g/mol. The van der Waals surface area contributed by atoms with Crippen LogP contribution >= 0.6 is 0 Å². The van der Waals surface area contributed by atoms with E-state index in [1.807, 2.05) is 27.7 Å². The first-order chi connectivity index (χ1) is 10.3. The van der Waals surface area contributed by atoms with Crippen LogP contribution in [0.25, 0.3) is 0 Å². The first-order valence-corrected chi connectivity index (χ1v) is 7.72. The van der Waals surface area contributed by atoms with Gasteiger partial charge in [-0.15, -0.1) is 0 Å². The zero-order valence-corrected chi connectivity index (χ0v) is 14.2. The van der Waals surface area contributed by atoms with E-state index < -0.39 is 11.9 Å². The van der Waals surface area contributed by atoms with E-state index in [1.165, 1.54) is 0 Å². The van der Waals surface area contributed by atoms with Crippen LogP contribution in [0.1, 0.15) is 85.5 Å². The number of carbonyl (C=O) groups excluding carboxylic acids is 2. The van der Waals surface area contributed by atoms with E-state index in [2.05, 4.69) is 4.98 Å². The van der Waals surface area contributed by atoms with Gasteiger partial charge in [-0.25, -0.2) is 9.59 Å². The molecule has 0 N–H and O–H groups in total. The molecule has 0 saturated heterocycles. The molecule has 5 heteroatoms. The molecule has 0 bridgehead atoms. The molecule has 1 aromatic heterocycles. The van der Waals surface area contributed by atoms with Gasteiger partial charge >= 0.3 is 11.9 Å². The highest BCUT2D eigenvalue weighted by molar-refractivity contribution is 5.97. The summed E-state index contributed by atoms with van der Waals surface area (Å²) in [6, 6.07) is 1.56. The summed E-state index contributed by atoms with van der Waals surface area (Å²) in [5.74, 6) is -0.819. The Hall–Kier alpha value is -1.91. The summed E-state index contributed by atoms with van der Waals surface area (Å²) in [7, 11) is 0. The van der Waals surface area contributed by atoms with Gasteiger partial charge in [0.05, 0.1) is 35.7 Å². The van der Waals surface area contributed by atoms with Crippen LogP contribution in [-0.4, -0.2) is 30.1 Å². The van der Waals surface area contributed by atoms with E-state index in [1.54, 1.807) is 19.9 Å². The van der Waals surface area contributed by atoms with Crippen LogP contribution in [0, 0.1) is 0 Å². The molecule has 1 aromatic rings. The van der Waals surface area contributed by atoms with E-state index in [-0.39, 0.29) is 25.0 Å². The predicted molar refractivity (Wildman–Crippen MR) is 84.3 cm³/mol. The van der Waals surface area contributed by atoms with Gasteiger partial charge < -0.3 is 9.47 Å². The maximum atomic E-state index is 12.2. The summed E-state index contributed by atoms with van der Waals surface area (Å²) in [6.45, 7) is 11.9. The molecule has 0 aromatic carbocycles. The Morgan fingerprint density at radius 2 is 1.27 bits per heavy atom. The van der Waals surface area contributed by atoms with Crippen molar-refractivity contribution in [2.75, 3.05) is 13.2 Å². The quantitative estimate of drug-likeness (QED) is 0.750. The zero-order chi connectivity index (χ0) is 16.9. The SMILES string of the molecule is CCOC(=O)c1cc(C(=O)OCC)c(C(C)C)nc1C(C)C. The van der Waals surface area contributed by atoms with Crippen molar-refractivity contribution in [3.63, 3.8) is 0 Å². The Morgan fingerprint density at radius 3 is 1.55 bits per heavy atom. The molecule has 5 nitrogen and oxygen atoms in total. The number of carbonyl (C=O) groups is 2. The Morgan fingerprint density at radius 1 is 0.909 bits per heavy atom. The number of hydrogen-bond donors (Lipinski definition) is 0. The van der Waals surface area contributed by atoms with Crippen molar-refractivity contribution >= 4 is 11.9 Å². The van der Waals surface area contributed by atoms with Crippen LogP contribution in [0.15, 0.2) is 6.07 Å². The maximum Gasteiger partial charge on any atom is 0.340 e. The largest absolute Gasteiger partial charge is 0.462 e.